The number of para-hydroxylation sites is 2. The van der Waals surface area contributed by atoms with Crippen LogP contribution in [-0.2, 0) is 11.2 Å². The van der Waals surface area contributed by atoms with Gasteiger partial charge in [-0.15, -0.1) is 0 Å². The normalized spacial score (nSPS) is 13.4. The smallest absolute Gasteiger partial charge is 0.312 e. The Morgan fingerprint density at radius 1 is 1.33 bits per heavy atom. The lowest BCUT2D eigenvalue weighted by atomic mass is 9.98. The van der Waals surface area contributed by atoms with Crippen molar-refractivity contribution in [1.29, 1.82) is 0 Å². The third kappa shape index (κ3) is 4.71. The van der Waals surface area contributed by atoms with Gasteiger partial charge in [0.15, 0.2) is 0 Å². The first-order valence-corrected chi connectivity index (χ1v) is 8.28. The number of aromatic nitrogens is 2. The van der Waals surface area contributed by atoms with E-state index < -0.39 is 12.1 Å². The predicted molar refractivity (Wildman–Crippen MR) is 93.4 cm³/mol. The molecule has 5 N–H and O–H groups in total. The summed E-state index contributed by atoms with van der Waals surface area (Å²) in [5.41, 5.74) is 7.11. The van der Waals surface area contributed by atoms with Crippen molar-refractivity contribution in [3.05, 3.63) is 30.1 Å². The second-order valence-electron chi connectivity index (χ2n) is 5.97. The maximum Gasteiger partial charge on any atom is 0.312 e. The number of fused-ring (bicyclic) bond motifs is 1. The van der Waals surface area contributed by atoms with Crippen molar-refractivity contribution >= 4 is 23.0 Å². The molecule has 1 heterocycles. The fraction of sp³-hybridized carbons (Fsp3) is 0.471. The van der Waals surface area contributed by atoms with Gasteiger partial charge in [-0.25, -0.2) is 9.78 Å². The van der Waals surface area contributed by atoms with Crippen LogP contribution in [0.1, 0.15) is 32.5 Å². The molecule has 0 saturated carbocycles. The van der Waals surface area contributed by atoms with Crippen molar-refractivity contribution in [3.8, 4) is 0 Å². The number of aromatic amines is 1. The molecule has 2 rings (SSSR count). The molecule has 2 aromatic rings. The maximum atomic E-state index is 12.2. The van der Waals surface area contributed by atoms with Gasteiger partial charge in [-0.3, -0.25) is 4.79 Å². The van der Waals surface area contributed by atoms with Crippen LogP contribution in [0, 0.1) is 5.92 Å². The summed E-state index contributed by atoms with van der Waals surface area (Å²) in [6.45, 7) is 4.40. The number of rotatable bonds is 8. The Kier molecular flexibility index (Phi) is 6.17. The Labute approximate surface area is 141 Å². The summed E-state index contributed by atoms with van der Waals surface area (Å²) in [4.78, 5) is 31.0. The summed E-state index contributed by atoms with van der Waals surface area (Å²) >= 11 is 0. The molecule has 1 aromatic heterocycles. The summed E-state index contributed by atoms with van der Waals surface area (Å²) in [7, 11) is 0. The van der Waals surface area contributed by atoms with E-state index in [-0.39, 0.29) is 11.8 Å². The molecular weight excluding hydrogens is 306 g/mol. The number of H-pyrrole nitrogens is 1. The molecule has 0 aliphatic heterocycles. The first kappa shape index (κ1) is 17.8. The molecule has 0 radical (unpaired) electrons. The van der Waals surface area contributed by atoms with Gasteiger partial charge in [0.25, 0.3) is 0 Å². The fourth-order valence-corrected chi connectivity index (χ4v) is 2.56. The molecule has 1 aromatic carbocycles. The van der Waals surface area contributed by atoms with E-state index in [9.17, 15) is 9.59 Å². The number of aryl methyl sites for hydroxylation is 1. The number of amides is 3. The molecular formula is C17H25N5O2. The zero-order valence-electron chi connectivity index (χ0n) is 14.1. The van der Waals surface area contributed by atoms with Gasteiger partial charge >= 0.3 is 6.03 Å². The average Bonchev–Trinajstić information content (AvgIpc) is 2.98. The average molecular weight is 331 g/mol. The number of primary amides is 1. The fourth-order valence-electron chi connectivity index (χ4n) is 2.56. The monoisotopic (exact) mass is 331 g/mol. The molecule has 3 amide bonds. The Hall–Kier alpha value is -2.57. The largest absolute Gasteiger partial charge is 0.354 e. The minimum atomic E-state index is -0.683. The number of carbonyl (C=O) groups is 2. The van der Waals surface area contributed by atoms with E-state index in [1.807, 2.05) is 38.1 Å². The first-order chi connectivity index (χ1) is 11.5. The lowest BCUT2D eigenvalue weighted by Crippen LogP contribution is -2.51. The number of hydrogen-bond donors (Lipinski definition) is 4. The van der Waals surface area contributed by atoms with Gasteiger partial charge in [-0.05, 0) is 24.5 Å². The van der Waals surface area contributed by atoms with Crippen LogP contribution in [0.15, 0.2) is 24.3 Å². The molecule has 2 unspecified atom stereocenters. The summed E-state index contributed by atoms with van der Waals surface area (Å²) in [5.74, 6) is 0.722. The van der Waals surface area contributed by atoms with Gasteiger partial charge in [0.2, 0.25) is 5.91 Å². The number of benzene rings is 1. The maximum absolute atomic E-state index is 12.2. The highest BCUT2D eigenvalue weighted by molar-refractivity contribution is 5.86. The number of nitrogens with two attached hydrogens (primary N) is 1. The van der Waals surface area contributed by atoms with E-state index in [1.54, 1.807) is 0 Å². The van der Waals surface area contributed by atoms with Crippen LogP contribution in [0.25, 0.3) is 11.0 Å². The Bertz CT molecular complexity index is 664. The highest BCUT2D eigenvalue weighted by Crippen LogP contribution is 2.11. The Balaban J connectivity index is 1.81. The van der Waals surface area contributed by atoms with Crippen LogP contribution < -0.4 is 16.4 Å². The Morgan fingerprint density at radius 2 is 2.08 bits per heavy atom. The summed E-state index contributed by atoms with van der Waals surface area (Å²) in [5, 5.41) is 5.37. The second-order valence-corrected chi connectivity index (χ2v) is 5.97. The molecule has 0 aliphatic rings. The second kappa shape index (κ2) is 8.33. The van der Waals surface area contributed by atoms with Gasteiger partial charge < -0.3 is 21.4 Å². The summed E-state index contributed by atoms with van der Waals surface area (Å²) in [6.07, 6.45) is 2.28. The minimum Gasteiger partial charge on any atom is -0.354 e. The van der Waals surface area contributed by atoms with E-state index in [4.69, 9.17) is 5.73 Å². The topological polar surface area (TPSA) is 113 Å². The lowest BCUT2D eigenvalue weighted by molar-refractivity contribution is -0.124. The first-order valence-electron chi connectivity index (χ1n) is 8.28. The molecule has 24 heavy (non-hydrogen) atoms. The van der Waals surface area contributed by atoms with Crippen molar-refractivity contribution in [2.75, 3.05) is 6.54 Å². The number of urea groups is 1. The van der Waals surface area contributed by atoms with E-state index >= 15 is 0 Å². The van der Waals surface area contributed by atoms with Crippen LogP contribution in [0.5, 0.6) is 0 Å². The van der Waals surface area contributed by atoms with Crippen LogP contribution in [0.2, 0.25) is 0 Å². The molecule has 0 aliphatic carbocycles. The molecule has 130 valence electrons. The van der Waals surface area contributed by atoms with Crippen molar-refractivity contribution in [3.63, 3.8) is 0 Å². The Morgan fingerprint density at radius 3 is 2.75 bits per heavy atom. The minimum absolute atomic E-state index is 0.0212. The third-order valence-corrected chi connectivity index (χ3v) is 4.12. The van der Waals surface area contributed by atoms with Gasteiger partial charge in [0, 0.05) is 13.0 Å². The number of carbonyl (C=O) groups excluding carboxylic acids is 2. The van der Waals surface area contributed by atoms with Crippen LogP contribution in [0.3, 0.4) is 0 Å². The number of imidazole rings is 1. The number of nitrogens with zero attached hydrogens (tertiary/aromatic N) is 1. The van der Waals surface area contributed by atoms with Gasteiger partial charge in [0.1, 0.15) is 11.9 Å². The molecule has 2 atom stereocenters. The van der Waals surface area contributed by atoms with E-state index in [2.05, 4.69) is 20.6 Å². The standard InChI is InChI=1S/C17H25N5O2/c1-3-11(2)15(22-17(18)24)16(23)19-10-6-9-14-20-12-7-4-5-8-13(12)21-14/h4-5,7-8,11,15H,3,6,9-10H2,1-2H3,(H,19,23)(H,20,21)(H3,18,22,24). The zero-order valence-corrected chi connectivity index (χ0v) is 14.1. The molecule has 0 fully saturated rings. The molecule has 0 saturated heterocycles. The summed E-state index contributed by atoms with van der Waals surface area (Å²) < 4.78 is 0. The number of nitrogens with one attached hydrogen (secondary N) is 3. The SMILES string of the molecule is CCC(C)C(NC(N)=O)C(=O)NCCCc1nc2ccccc2[nH]1. The third-order valence-electron chi connectivity index (χ3n) is 4.12. The summed E-state index contributed by atoms with van der Waals surface area (Å²) in [6, 6.07) is 6.58. The van der Waals surface area contributed by atoms with Crippen molar-refractivity contribution in [2.24, 2.45) is 11.7 Å². The van der Waals surface area contributed by atoms with Gasteiger partial charge in [-0.2, -0.15) is 0 Å². The highest BCUT2D eigenvalue weighted by atomic mass is 16.2. The van der Waals surface area contributed by atoms with Crippen molar-refractivity contribution in [2.45, 2.75) is 39.2 Å². The van der Waals surface area contributed by atoms with E-state index in [0.717, 1.165) is 36.1 Å². The predicted octanol–water partition coefficient (Wildman–Crippen LogP) is 1.69. The van der Waals surface area contributed by atoms with Gasteiger partial charge in [-0.1, -0.05) is 32.4 Å². The lowest BCUT2D eigenvalue weighted by Gasteiger charge is -2.22. The highest BCUT2D eigenvalue weighted by Gasteiger charge is 2.24. The van der Waals surface area contributed by atoms with Crippen LogP contribution in [-0.4, -0.2) is 34.5 Å². The van der Waals surface area contributed by atoms with Crippen molar-refractivity contribution in [1.82, 2.24) is 20.6 Å². The number of hydrogen-bond acceptors (Lipinski definition) is 3. The van der Waals surface area contributed by atoms with Gasteiger partial charge in [0.05, 0.1) is 11.0 Å². The van der Waals surface area contributed by atoms with E-state index in [1.165, 1.54) is 0 Å². The molecule has 7 nitrogen and oxygen atoms in total. The van der Waals surface area contributed by atoms with E-state index in [0.29, 0.717) is 6.54 Å². The van der Waals surface area contributed by atoms with Crippen LogP contribution in [0.4, 0.5) is 4.79 Å². The van der Waals surface area contributed by atoms with Crippen molar-refractivity contribution < 1.29 is 9.59 Å². The molecule has 0 bridgehead atoms. The quantitative estimate of drug-likeness (QED) is 0.552. The molecule has 7 heteroatoms. The van der Waals surface area contributed by atoms with Crippen LogP contribution >= 0.6 is 0 Å². The zero-order chi connectivity index (χ0) is 17.5. The molecule has 0 spiro atoms.